The van der Waals surface area contributed by atoms with Crippen LogP contribution in [0.1, 0.15) is 23.1 Å². The molecule has 1 aromatic rings. The maximum Gasteiger partial charge on any atom is 0.263 e. The predicted octanol–water partition coefficient (Wildman–Crippen LogP) is 2.43. The Hall–Kier alpha value is -0.960. The largest absolute Gasteiger partial charge is 0.330 e. The third-order valence-corrected chi connectivity index (χ3v) is 1.84. The van der Waals surface area contributed by atoms with Crippen molar-refractivity contribution in [2.45, 2.75) is 19.8 Å². The molecule has 0 aromatic heterocycles. The Balaban J connectivity index is 2.96. The average Bonchev–Trinajstić information content (AvgIpc) is 2.03. The van der Waals surface area contributed by atoms with Gasteiger partial charge in [0.05, 0.1) is 0 Å². The first-order chi connectivity index (χ1) is 6.13. The molecule has 1 nitrogen and oxygen atoms in total. The van der Waals surface area contributed by atoms with E-state index in [-0.39, 0.29) is 5.56 Å². The first kappa shape index (κ1) is 10.1. The third-order valence-electron chi connectivity index (χ3n) is 1.84. The summed E-state index contributed by atoms with van der Waals surface area (Å²) < 4.78 is 24.7. The van der Waals surface area contributed by atoms with E-state index >= 15 is 0 Å². The zero-order valence-corrected chi connectivity index (χ0v) is 7.56. The van der Waals surface area contributed by atoms with Crippen molar-refractivity contribution in [3.05, 3.63) is 34.9 Å². The van der Waals surface area contributed by atoms with Gasteiger partial charge in [-0.15, -0.1) is 0 Å². The Morgan fingerprint density at radius 3 is 2.54 bits per heavy atom. The van der Waals surface area contributed by atoms with Gasteiger partial charge in [-0.3, -0.25) is 0 Å². The van der Waals surface area contributed by atoms with Gasteiger partial charge in [-0.25, -0.2) is 8.78 Å². The van der Waals surface area contributed by atoms with Crippen molar-refractivity contribution in [1.82, 2.24) is 0 Å². The lowest BCUT2D eigenvalue weighted by Gasteiger charge is -2.05. The van der Waals surface area contributed by atoms with Crippen LogP contribution in [0.3, 0.4) is 0 Å². The molecule has 1 rings (SSSR count). The zero-order valence-electron chi connectivity index (χ0n) is 7.56. The first-order valence-electron chi connectivity index (χ1n) is 4.22. The summed E-state index contributed by atoms with van der Waals surface area (Å²) in [4.78, 5) is 0. The molecule has 0 atom stereocenters. The Morgan fingerprint density at radius 1 is 1.31 bits per heavy atom. The number of nitrogens with two attached hydrogens (primary N) is 1. The van der Waals surface area contributed by atoms with E-state index in [1.54, 1.807) is 0 Å². The van der Waals surface area contributed by atoms with Crippen molar-refractivity contribution < 1.29 is 8.78 Å². The van der Waals surface area contributed by atoms with E-state index in [0.29, 0.717) is 13.0 Å². The fourth-order valence-electron chi connectivity index (χ4n) is 1.33. The molecule has 0 amide bonds. The van der Waals surface area contributed by atoms with Crippen molar-refractivity contribution in [1.29, 1.82) is 0 Å². The van der Waals surface area contributed by atoms with Crippen molar-refractivity contribution >= 4 is 0 Å². The first-order valence-corrected chi connectivity index (χ1v) is 4.22. The van der Waals surface area contributed by atoms with Gasteiger partial charge >= 0.3 is 0 Å². The molecule has 0 heterocycles. The van der Waals surface area contributed by atoms with Crippen LogP contribution in [0, 0.1) is 6.92 Å². The lowest BCUT2D eigenvalue weighted by atomic mass is 10.0. The second kappa shape index (κ2) is 4.33. The molecule has 0 aliphatic carbocycles. The molecule has 72 valence electrons. The van der Waals surface area contributed by atoms with Crippen LogP contribution in [-0.2, 0) is 6.42 Å². The fraction of sp³-hybridized carbons (Fsp3) is 0.400. The van der Waals surface area contributed by atoms with Gasteiger partial charge in [0.15, 0.2) is 0 Å². The standard InChI is InChI=1S/C10H13F2N/c1-7-4-8(2-3-13)6-9(5-7)10(11)12/h4-6,10H,2-3,13H2,1H3. The van der Waals surface area contributed by atoms with Crippen LogP contribution in [0.15, 0.2) is 18.2 Å². The van der Waals surface area contributed by atoms with Crippen LogP contribution in [0.5, 0.6) is 0 Å². The smallest absolute Gasteiger partial charge is 0.263 e. The maximum atomic E-state index is 12.3. The average molecular weight is 185 g/mol. The molecule has 2 N–H and O–H groups in total. The lowest BCUT2D eigenvalue weighted by molar-refractivity contribution is 0.151. The van der Waals surface area contributed by atoms with Gasteiger partial charge in [-0.1, -0.05) is 23.8 Å². The Bertz CT molecular complexity index is 284. The number of aryl methyl sites for hydroxylation is 1. The molecular formula is C10H13F2N. The van der Waals surface area contributed by atoms with Crippen LogP contribution in [0.4, 0.5) is 8.78 Å². The van der Waals surface area contributed by atoms with Gasteiger partial charge < -0.3 is 5.73 Å². The topological polar surface area (TPSA) is 26.0 Å². The van der Waals surface area contributed by atoms with E-state index in [4.69, 9.17) is 5.73 Å². The monoisotopic (exact) mass is 185 g/mol. The minimum Gasteiger partial charge on any atom is -0.330 e. The van der Waals surface area contributed by atoms with Crippen LogP contribution >= 0.6 is 0 Å². The molecule has 0 fully saturated rings. The van der Waals surface area contributed by atoms with Crippen molar-refractivity contribution in [3.8, 4) is 0 Å². The van der Waals surface area contributed by atoms with Crippen LogP contribution in [-0.4, -0.2) is 6.54 Å². The highest BCUT2D eigenvalue weighted by atomic mass is 19.3. The molecule has 0 spiro atoms. The molecule has 0 radical (unpaired) electrons. The second-order valence-corrected chi connectivity index (χ2v) is 3.09. The Labute approximate surface area is 76.6 Å². The minimum absolute atomic E-state index is 0.0865. The second-order valence-electron chi connectivity index (χ2n) is 3.09. The molecule has 0 aliphatic rings. The molecule has 0 bridgehead atoms. The van der Waals surface area contributed by atoms with Gasteiger partial charge in [0.2, 0.25) is 0 Å². The molecule has 1 aromatic carbocycles. The molecule has 0 unspecified atom stereocenters. The van der Waals surface area contributed by atoms with Crippen molar-refractivity contribution in [2.24, 2.45) is 5.73 Å². The highest BCUT2D eigenvalue weighted by molar-refractivity contribution is 5.30. The molecular weight excluding hydrogens is 172 g/mol. The zero-order chi connectivity index (χ0) is 9.84. The van der Waals surface area contributed by atoms with E-state index in [1.807, 2.05) is 13.0 Å². The Morgan fingerprint density at radius 2 is 2.00 bits per heavy atom. The molecule has 3 heteroatoms. The highest BCUT2D eigenvalue weighted by Gasteiger charge is 2.07. The summed E-state index contributed by atoms with van der Waals surface area (Å²) in [5.41, 5.74) is 7.18. The van der Waals surface area contributed by atoms with Gasteiger partial charge in [-0.05, 0) is 25.5 Å². The SMILES string of the molecule is Cc1cc(CCN)cc(C(F)F)c1. The van der Waals surface area contributed by atoms with Crippen LogP contribution in [0.2, 0.25) is 0 Å². The molecule has 0 saturated heterocycles. The van der Waals surface area contributed by atoms with Gasteiger partial charge in [0.25, 0.3) is 6.43 Å². The van der Waals surface area contributed by atoms with Crippen molar-refractivity contribution in [3.63, 3.8) is 0 Å². The molecule has 0 saturated carbocycles. The summed E-state index contributed by atoms with van der Waals surface area (Å²) in [6.45, 7) is 2.30. The number of rotatable bonds is 3. The van der Waals surface area contributed by atoms with Gasteiger partial charge in [-0.2, -0.15) is 0 Å². The van der Waals surface area contributed by atoms with E-state index in [9.17, 15) is 8.78 Å². The summed E-state index contributed by atoms with van der Waals surface area (Å²) >= 11 is 0. The number of hydrogen-bond acceptors (Lipinski definition) is 1. The van der Waals surface area contributed by atoms with E-state index in [0.717, 1.165) is 11.1 Å². The Kier molecular flexibility index (Phi) is 3.37. The quantitative estimate of drug-likeness (QED) is 0.769. The van der Waals surface area contributed by atoms with Crippen LogP contribution in [0.25, 0.3) is 0 Å². The summed E-state index contributed by atoms with van der Waals surface area (Å²) in [6, 6.07) is 4.91. The summed E-state index contributed by atoms with van der Waals surface area (Å²) in [5.74, 6) is 0. The number of benzene rings is 1. The number of alkyl halides is 2. The van der Waals surface area contributed by atoms with E-state index < -0.39 is 6.43 Å². The fourth-order valence-corrected chi connectivity index (χ4v) is 1.33. The molecule has 0 aliphatic heterocycles. The summed E-state index contributed by atoms with van der Waals surface area (Å²) in [6.07, 6.45) is -1.74. The van der Waals surface area contributed by atoms with E-state index in [1.165, 1.54) is 12.1 Å². The lowest BCUT2D eigenvalue weighted by Crippen LogP contribution is -2.03. The summed E-state index contributed by atoms with van der Waals surface area (Å²) in [7, 11) is 0. The number of hydrogen-bond donors (Lipinski definition) is 1. The highest BCUT2D eigenvalue weighted by Crippen LogP contribution is 2.21. The maximum absolute atomic E-state index is 12.3. The van der Waals surface area contributed by atoms with Crippen molar-refractivity contribution in [2.75, 3.05) is 6.54 Å². The third kappa shape index (κ3) is 2.77. The predicted molar refractivity (Wildman–Crippen MR) is 48.9 cm³/mol. The molecule has 13 heavy (non-hydrogen) atoms. The van der Waals surface area contributed by atoms with Gasteiger partial charge in [0.1, 0.15) is 0 Å². The van der Waals surface area contributed by atoms with Crippen LogP contribution < -0.4 is 5.73 Å². The van der Waals surface area contributed by atoms with Gasteiger partial charge in [0, 0.05) is 5.56 Å². The summed E-state index contributed by atoms with van der Waals surface area (Å²) in [5, 5.41) is 0. The van der Waals surface area contributed by atoms with E-state index in [2.05, 4.69) is 0 Å². The number of halogens is 2. The minimum atomic E-state index is -2.39. The normalized spacial score (nSPS) is 10.8.